The van der Waals surface area contributed by atoms with Crippen LogP contribution >= 0.6 is 0 Å². The monoisotopic (exact) mass is 329 g/mol. The van der Waals surface area contributed by atoms with Gasteiger partial charge in [0.2, 0.25) is 0 Å². The topological polar surface area (TPSA) is 67.2 Å². The highest BCUT2D eigenvalue weighted by Gasteiger charge is 2.19. The summed E-state index contributed by atoms with van der Waals surface area (Å²) in [5, 5.41) is 16.8. The van der Waals surface area contributed by atoms with Gasteiger partial charge in [-0.25, -0.2) is 0 Å². The van der Waals surface area contributed by atoms with Crippen LogP contribution in [0.4, 0.5) is 0 Å². The van der Waals surface area contributed by atoms with Crippen LogP contribution in [0.5, 0.6) is 0 Å². The van der Waals surface area contributed by atoms with Gasteiger partial charge in [-0.2, -0.15) is 5.10 Å². The van der Waals surface area contributed by atoms with Gasteiger partial charge in [0, 0.05) is 12.3 Å². The zero-order valence-corrected chi connectivity index (χ0v) is 14.7. The van der Waals surface area contributed by atoms with E-state index in [1.54, 1.807) is 0 Å². The number of carbonyl (C=O) groups excluding carboxylic acids is 1. The SMILES string of the molecule is CCC(CC)n1nc(C(=O)NC(CCO)c2ccccc2)cc1C. The second kappa shape index (κ2) is 8.64. The van der Waals surface area contributed by atoms with Crippen LogP contribution in [-0.2, 0) is 0 Å². The molecule has 0 aliphatic rings. The van der Waals surface area contributed by atoms with Gasteiger partial charge < -0.3 is 10.4 Å². The van der Waals surface area contributed by atoms with Crippen LogP contribution in [0.15, 0.2) is 36.4 Å². The largest absolute Gasteiger partial charge is 0.396 e. The second-order valence-electron chi connectivity index (χ2n) is 6.03. The lowest BCUT2D eigenvalue weighted by Gasteiger charge is -2.18. The van der Waals surface area contributed by atoms with Crippen molar-refractivity contribution in [2.75, 3.05) is 6.61 Å². The fraction of sp³-hybridized carbons (Fsp3) is 0.474. The molecule has 0 saturated carbocycles. The van der Waals surface area contributed by atoms with Gasteiger partial charge >= 0.3 is 0 Å². The lowest BCUT2D eigenvalue weighted by atomic mass is 10.0. The molecule has 1 unspecified atom stereocenters. The van der Waals surface area contributed by atoms with Crippen LogP contribution in [-0.4, -0.2) is 27.4 Å². The molecule has 5 heteroatoms. The zero-order chi connectivity index (χ0) is 17.5. The lowest BCUT2D eigenvalue weighted by Crippen LogP contribution is -2.29. The lowest BCUT2D eigenvalue weighted by molar-refractivity contribution is 0.0923. The molecule has 1 amide bonds. The molecule has 0 fully saturated rings. The van der Waals surface area contributed by atoms with Crippen molar-refractivity contribution < 1.29 is 9.90 Å². The molecule has 24 heavy (non-hydrogen) atoms. The molecular formula is C19H27N3O2. The molecule has 5 nitrogen and oxygen atoms in total. The molecule has 1 aromatic carbocycles. The van der Waals surface area contributed by atoms with Crippen molar-refractivity contribution in [3.8, 4) is 0 Å². The van der Waals surface area contributed by atoms with E-state index in [-0.39, 0.29) is 18.6 Å². The van der Waals surface area contributed by atoms with Crippen LogP contribution in [0.25, 0.3) is 0 Å². The van der Waals surface area contributed by atoms with E-state index >= 15 is 0 Å². The predicted octanol–water partition coefficient (Wildman–Crippen LogP) is 3.41. The van der Waals surface area contributed by atoms with E-state index in [1.165, 1.54) is 0 Å². The molecular weight excluding hydrogens is 302 g/mol. The van der Waals surface area contributed by atoms with Crippen molar-refractivity contribution in [3.63, 3.8) is 0 Å². The molecule has 0 radical (unpaired) electrons. The highest BCUT2D eigenvalue weighted by Crippen LogP contribution is 2.20. The summed E-state index contributed by atoms with van der Waals surface area (Å²) in [5.41, 5.74) is 2.40. The standard InChI is InChI=1S/C19H27N3O2/c1-4-16(5-2)22-14(3)13-18(21-22)19(24)20-17(11-12-23)15-9-7-6-8-10-15/h6-10,13,16-17,23H,4-5,11-12H2,1-3H3,(H,20,24). The average molecular weight is 329 g/mol. The first-order valence-corrected chi connectivity index (χ1v) is 8.63. The second-order valence-corrected chi connectivity index (χ2v) is 6.03. The van der Waals surface area contributed by atoms with Crippen LogP contribution in [0.1, 0.15) is 66.9 Å². The summed E-state index contributed by atoms with van der Waals surface area (Å²) in [6.45, 7) is 6.25. The predicted molar refractivity (Wildman–Crippen MR) is 94.9 cm³/mol. The van der Waals surface area contributed by atoms with Gasteiger partial charge in [-0.1, -0.05) is 44.2 Å². The average Bonchev–Trinajstić information content (AvgIpc) is 2.98. The molecule has 1 aromatic heterocycles. The first-order chi connectivity index (χ1) is 11.6. The summed E-state index contributed by atoms with van der Waals surface area (Å²) in [6.07, 6.45) is 2.44. The third-order valence-electron chi connectivity index (χ3n) is 4.37. The summed E-state index contributed by atoms with van der Waals surface area (Å²) in [6, 6.07) is 11.6. The number of aliphatic hydroxyl groups is 1. The minimum absolute atomic E-state index is 0.0149. The first kappa shape index (κ1) is 18.2. The summed E-state index contributed by atoms with van der Waals surface area (Å²) < 4.78 is 1.94. The number of carbonyl (C=O) groups is 1. The maximum absolute atomic E-state index is 12.6. The molecule has 130 valence electrons. The molecule has 2 aromatic rings. The Morgan fingerprint density at radius 2 is 1.92 bits per heavy atom. The molecule has 0 saturated heterocycles. The summed E-state index contributed by atoms with van der Waals surface area (Å²) >= 11 is 0. The number of rotatable bonds is 8. The van der Waals surface area contributed by atoms with Crippen molar-refractivity contribution in [2.45, 2.75) is 52.1 Å². The number of aromatic nitrogens is 2. The van der Waals surface area contributed by atoms with Gasteiger partial charge in [0.25, 0.3) is 5.91 Å². The Morgan fingerprint density at radius 3 is 2.50 bits per heavy atom. The maximum Gasteiger partial charge on any atom is 0.272 e. The van der Waals surface area contributed by atoms with E-state index in [0.717, 1.165) is 24.1 Å². The smallest absolute Gasteiger partial charge is 0.272 e. The third kappa shape index (κ3) is 4.23. The van der Waals surface area contributed by atoms with Crippen molar-refractivity contribution >= 4 is 5.91 Å². The van der Waals surface area contributed by atoms with Crippen LogP contribution in [0, 0.1) is 6.92 Å². The molecule has 0 spiro atoms. The van der Waals surface area contributed by atoms with Crippen molar-refractivity contribution in [3.05, 3.63) is 53.3 Å². The number of nitrogens with one attached hydrogen (secondary N) is 1. The van der Waals surface area contributed by atoms with Gasteiger partial charge in [-0.15, -0.1) is 0 Å². The van der Waals surface area contributed by atoms with E-state index in [2.05, 4.69) is 24.3 Å². The Hall–Kier alpha value is -2.14. The van der Waals surface area contributed by atoms with E-state index in [4.69, 9.17) is 0 Å². The van der Waals surface area contributed by atoms with Crippen LogP contribution < -0.4 is 5.32 Å². The minimum Gasteiger partial charge on any atom is -0.396 e. The molecule has 1 heterocycles. The quantitative estimate of drug-likeness (QED) is 0.780. The Kier molecular flexibility index (Phi) is 6.55. The van der Waals surface area contributed by atoms with Gasteiger partial charge in [0.15, 0.2) is 0 Å². The highest BCUT2D eigenvalue weighted by atomic mass is 16.3. The molecule has 2 N–H and O–H groups in total. The van der Waals surface area contributed by atoms with Gasteiger partial charge in [-0.05, 0) is 37.8 Å². The first-order valence-electron chi connectivity index (χ1n) is 8.63. The van der Waals surface area contributed by atoms with E-state index in [9.17, 15) is 9.90 Å². The zero-order valence-electron chi connectivity index (χ0n) is 14.7. The molecule has 0 bridgehead atoms. The van der Waals surface area contributed by atoms with Crippen molar-refractivity contribution in [2.24, 2.45) is 0 Å². The van der Waals surface area contributed by atoms with Gasteiger partial charge in [-0.3, -0.25) is 9.48 Å². The van der Waals surface area contributed by atoms with Crippen molar-refractivity contribution in [1.82, 2.24) is 15.1 Å². The minimum atomic E-state index is -0.220. The number of aliphatic hydroxyl groups excluding tert-OH is 1. The third-order valence-corrected chi connectivity index (χ3v) is 4.37. The van der Waals surface area contributed by atoms with E-state index in [1.807, 2.05) is 48.0 Å². The Bertz CT molecular complexity index is 648. The van der Waals surface area contributed by atoms with Gasteiger partial charge in [0.1, 0.15) is 5.69 Å². The Morgan fingerprint density at radius 1 is 1.25 bits per heavy atom. The maximum atomic E-state index is 12.6. The number of aryl methyl sites for hydroxylation is 1. The number of nitrogens with zero attached hydrogens (tertiary/aromatic N) is 2. The normalized spacial score (nSPS) is 12.4. The fourth-order valence-electron chi connectivity index (χ4n) is 2.97. The number of amides is 1. The Balaban J connectivity index is 2.17. The summed E-state index contributed by atoms with van der Waals surface area (Å²) in [7, 11) is 0. The molecule has 0 aliphatic carbocycles. The summed E-state index contributed by atoms with van der Waals surface area (Å²) in [5.74, 6) is -0.204. The number of hydrogen-bond donors (Lipinski definition) is 2. The molecule has 1 atom stereocenters. The number of benzene rings is 1. The molecule has 0 aliphatic heterocycles. The Labute approximate surface area is 143 Å². The van der Waals surface area contributed by atoms with Gasteiger partial charge in [0.05, 0.1) is 12.1 Å². The highest BCUT2D eigenvalue weighted by molar-refractivity contribution is 5.92. The van der Waals surface area contributed by atoms with Crippen molar-refractivity contribution in [1.29, 1.82) is 0 Å². The number of hydrogen-bond acceptors (Lipinski definition) is 3. The summed E-state index contributed by atoms with van der Waals surface area (Å²) in [4.78, 5) is 12.6. The van der Waals surface area contributed by atoms with E-state index < -0.39 is 0 Å². The fourth-order valence-corrected chi connectivity index (χ4v) is 2.97. The van der Waals surface area contributed by atoms with Crippen LogP contribution in [0.3, 0.4) is 0 Å². The van der Waals surface area contributed by atoms with Crippen LogP contribution in [0.2, 0.25) is 0 Å². The van der Waals surface area contributed by atoms with E-state index in [0.29, 0.717) is 18.2 Å². The molecule has 2 rings (SSSR count).